The molecule has 0 bridgehead atoms. The summed E-state index contributed by atoms with van der Waals surface area (Å²) in [6, 6.07) is 8.68. The van der Waals surface area contributed by atoms with Crippen molar-refractivity contribution in [1.29, 1.82) is 0 Å². The van der Waals surface area contributed by atoms with Crippen LogP contribution in [0.15, 0.2) is 24.3 Å². The molecule has 0 saturated heterocycles. The normalized spacial score (nSPS) is 19.8. The van der Waals surface area contributed by atoms with Gasteiger partial charge in [-0.25, -0.2) is 0 Å². The number of aliphatic hydroxyl groups excluding tert-OH is 2. The Labute approximate surface area is 96.1 Å². The highest BCUT2D eigenvalue weighted by molar-refractivity contribution is 5.30. The van der Waals surface area contributed by atoms with E-state index in [9.17, 15) is 0 Å². The van der Waals surface area contributed by atoms with Gasteiger partial charge < -0.3 is 15.5 Å². The molecule has 1 atom stereocenters. The second-order valence-corrected chi connectivity index (χ2v) is 4.44. The number of nitrogens with one attached hydrogen (secondary N) is 1. The molecule has 0 fully saturated rings. The minimum absolute atomic E-state index is 0.00531. The number of aryl methyl sites for hydroxylation is 1. The first kappa shape index (κ1) is 11.6. The summed E-state index contributed by atoms with van der Waals surface area (Å²) in [5, 5.41) is 21.4. The lowest BCUT2D eigenvalue weighted by molar-refractivity contribution is 0.159. The summed E-state index contributed by atoms with van der Waals surface area (Å²) in [5.41, 5.74) is 2.82. The van der Waals surface area contributed by atoms with Gasteiger partial charge in [-0.2, -0.15) is 0 Å². The molecule has 0 amide bonds. The molecule has 0 saturated carbocycles. The van der Waals surface area contributed by atoms with Gasteiger partial charge in [0.15, 0.2) is 0 Å². The average molecular weight is 221 g/mol. The maximum atomic E-state index is 9.03. The summed E-state index contributed by atoms with van der Waals surface area (Å²) in [6.45, 7) is -0.0106. The smallest absolute Gasteiger partial charge is 0.0607 e. The van der Waals surface area contributed by atoms with Crippen LogP contribution in [-0.2, 0) is 12.8 Å². The van der Waals surface area contributed by atoms with Gasteiger partial charge in [-0.1, -0.05) is 24.3 Å². The Morgan fingerprint density at radius 2 is 1.88 bits per heavy atom. The van der Waals surface area contributed by atoms with Crippen LogP contribution in [0.25, 0.3) is 0 Å². The molecular weight excluding hydrogens is 202 g/mol. The lowest BCUT2D eigenvalue weighted by atomic mass is 9.88. The minimum Gasteiger partial charge on any atom is -0.395 e. The highest BCUT2D eigenvalue weighted by Gasteiger charge is 2.20. The molecule has 0 radical (unpaired) electrons. The maximum absolute atomic E-state index is 9.03. The second-order valence-electron chi connectivity index (χ2n) is 4.44. The van der Waals surface area contributed by atoms with Crippen molar-refractivity contribution in [3.63, 3.8) is 0 Å². The van der Waals surface area contributed by atoms with Crippen LogP contribution in [0.5, 0.6) is 0 Å². The molecule has 1 aliphatic carbocycles. The van der Waals surface area contributed by atoms with E-state index in [1.807, 2.05) is 0 Å². The highest BCUT2D eigenvalue weighted by atomic mass is 16.3. The number of hydrogen-bond donors (Lipinski definition) is 3. The van der Waals surface area contributed by atoms with E-state index in [1.54, 1.807) is 0 Å². The van der Waals surface area contributed by atoms with E-state index in [1.165, 1.54) is 11.1 Å². The number of hydrogen-bond acceptors (Lipinski definition) is 3. The predicted molar refractivity (Wildman–Crippen MR) is 63.4 cm³/mol. The first-order valence-electron chi connectivity index (χ1n) is 5.88. The zero-order valence-corrected chi connectivity index (χ0v) is 9.39. The maximum Gasteiger partial charge on any atom is 0.0607 e. The van der Waals surface area contributed by atoms with Crippen molar-refractivity contribution in [2.75, 3.05) is 13.2 Å². The molecule has 0 aromatic heterocycles. The van der Waals surface area contributed by atoms with Gasteiger partial charge in [0.1, 0.15) is 0 Å². The van der Waals surface area contributed by atoms with Crippen molar-refractivity contribution in [3.05, 3.63) is 35.4 Å². The van der Waals surface area contributed by atoms with Gasteiger partial charge in [0, 0.05) is 6.04 Å². The lowest BCUT2D eigenvalue weighted by Gasteiger charge is -2.28. The molecule has 2 rings (SSSR count). The van der Waals surface area contributed by atoms with E-state index in [2.05, 4.69) is 29.6 Å². The van der Waals surface area contributed by atoms with E-state index < -0.39 is 0 Å². The Bertz CT molecular complexity index is 336. The van der Waals surface area contributed by atoms with E-state index in [0.29, 0.717) is 6.04 Å². The minimum atomic E-state index is -0.185. The molecule has 0 heterocycles. The van der Waals surface area contributed by atoms with Gasteiger partial charge in [0.05, 0.1) is 19.3 Å². The summed E-state index contributed by atoms with van der Waals surface area (Å²) >= 11 is 0. The lowest BCUT2D eigenvalue weighted by Crippen LogP contribution is -2.45. The molecule has 3 nitrogen and oxygen atoms in total. The van der Waals surface area contributed by atoms with E-state index in [0.717, 1.165) is 19.3 Å². The number of benzene rings is 1. The van der Waals surface area contributed by atoms with Crippen molar-refractivity contribution in [2.45, 2.75) is 31.3 Å². The fourth-order valence-electron chi connectivity index (χ4n) is 2.34. The molecule has 3 heteroatoms. The van der Waals surface area contributed by atoms with E-state index in [-0.39, 0.29) is 19.3 Å². The monoisotopic (exact) mass is 221 g/mol. The Kier molecular flexibility index (Phi) is 3.93. The number of fused-ring (bicyclic) bond motifs is 1. The molecule has 1 aliphatic rings. The van der Waals surface area contributed by atoms with Crippen LogP contribution in [0.2, 0.25) is 0 Å². The molecular formula is C13H19NO2. The van der Waals surface area contributed by atoms with Gasteiger partial charge in [0.25, 0.3) is 0 Å². The first-order valence-corrected chi connectivity index (χ1v) is 5.88. The third kappa shape index (κ3) is 2.61. The topological polar surface area (TPSA) is 52.5 Å². The molecule has 1 aromatic rings. The zero-order chi connectivity index (χ0) is 11.4. The summed E-state index contributed by atoms with van der Waals surface area (Å²) in [7, 11) is 0. The van der Waals surface area contributed by atoms with E-state index in [4.69, 9.17) is 10.2 Å². The Morgan fingerprint density at radius 1 is 1.19 bits per heavy atom. The predicted octanol–water partition coefficient (Wildman–Crippen LogP) is 0.487. The van der Waals surface area contributed by atoms with Gasteiger partial charge in [-0.15, -0.1) is 0 Å². The molecule has 3 N–H and O–H groups in total. The van der Waals surface area contributed by atoms with Crippen molar-refractivity contribution in [3.8, 4) is 0 Å². The van der Waals surface area contributed by atoms with Crippen LogP contribution < -0.4 is 5.32 Å². The third-order valence-electron chi connectivity index (χ3n) is 3.26. The van der Waals surface area contributed by atoms with Gasteiger partial charge >= 0.3 is 0 Å². The van der Waals surface area contributed by atoms with Crippen LogP contribution in [0.1, 0.15) is 17.5 Å². The summed E-state index contributed by atoms with van der Waals surface area (Å²) in [4.78, 5) is 0. The number of rotatable bonds is 4. The molecule has 16 heavy (non-hydrogen) atoms. The standard InChI is InChI=1S/C13H19NO2/c15-8-13(9-16)14-12-6-5-10-3-1-2-4-11(10)7-12/h1-4,12-16H,5-9H2. The highest BCUT2D eigenvalue weighted by Crippen LogP contribution is 2.21. The fraction of sp³-hybridized carbons (Fsp3) is 0.538. The largest absolute Gasteiger partial charge is 0.395 e. The van der Waals surface area contributed by atoms with Crippen LogP contribution >= 0.6 is 0 Å². The number of aliphatic hydroxyl groups is 2. The van der Waals surface area contributed by atoms with Crippen LogP contribution in [0.3, 0.4) is 0 Å². The summed E-state index contributed by atoms with van der Waals surface area (Å²) < 4.78 is 0. The molecule has 88 valence electrons. The first-order chi connectivity index (χ1) is 7.83. The molecule has 0 spiro atoms. The van der Waals surface area contributed by atoms with Crippen molar-refractivity contribution in [2.24, 2.45) is 0 Å². The molecule has 0 aliphatic heterocycles. The van der Waals surface area contributed by atoms with E-state index >= 15 is 0 Å². The van der Waals surface area contributed by atoms with Gasteiger partial charge in [0.2, 0.25) is 0 Å². The third-order valence-corrected chi connectivity index (χ3v) is 3.26. The Morgan fingerprint density at radius 3 is 2.56 bits per heavy atom. The van der Waals surface area contributed by atoms with Crippen molar-refractivity contribution < 1.29 is 10.2 Å². The zero-order valence-electron chi connectivity index (χ0n) is 9.39. The summed E-state index contributed by atoms with van der Waals surface area (Å²) in [5.74, 6) is 0. The quantitative estimate of drug-likeness (QED) is 0.693. The van der Waals surface area contributed by atoms with Gasteiger partial charge in [-0.05, 0) is 30.4 Å². The van der Waals surface area contributed by atoms with Crippen LogP contribution in [0.4, 0.5) is 0 Å². The van der Waals surface area contributed by atoms with Crippen molar-refractivity contribution >= 4 is 0 Å². The van der Waals surface area contributed by atoms with Crippen LogP contribution in [0, 0.1) is 0 Å². The Hall–Kier alpha value is -0.900. The Balaban J connectivity index is 1.97. The SMILES string of the molecule is OCC(CO)NC1CCc2ccccc2C1. The second kappa shape index (κ2) is 5.43. The summed E-state index contributed by atoms with van der Waals surface area (Å²) in [6.07, 6.45) is 3.15. The average Bonchev–Trinajstić information content (AvgIpc) is 2.35. The van der Waals surface area contributed by atoms with Crippen molar-refractivity contribution in [1.82, 2.24) is 5.32 Å². The van der Waals surface area contributed by atoms with Crippen LogP contribution in [-0.4, -0.2) is 35.5 Å². The molecule has 1 unspecified atom stereocenters. The molecule has 1 aromatic carbocycles. The van der Waals surface area contributed by atoms with Gasteiger partial charge in [-0.3, -0.25) is 0 Å². The fourth-order valence-corrected chi connectivity index (χ4v) is 2.34.